The van der Waals surface area contributed by atoms with Gasteiger partial charge in [-0.1, -0.05) is 73.5 Å². The van der Waals surface area contributed by atoms with E-state index in [-0.39, 0.29) is 30.7 Å². The number of carbonyl (C=O) groups is 4. The number of hydrogen-bond donors (Lipinski definition) is 3. The molecule has 14 heteroatoms. The summed E-state index contributed by atoms with van der Waals surface area (Å²) in [5.74, 6) is -2.35. The maximum Gasteiger partial charge on any atom is 0.408 e. The molecule has 4 amide bonds. The molecule has 2 aliphatic carbocycles. The number of allylic oxidation sites excluding steroid dienone is 1. The first kappa shape index (κ1) is 40.0. The second kappa shape index (κ2) is 15.7. The van der Waals surface area contributed by atoms with E-state index in [0.717, 1.165) is 40.6 Å². The van der Waals surface area contributed by atoms with Crippen molar-refractivity contribution in [2.75, 3.05) is 19.6 Å². The number of nitrogens with one attached hydrogen (secondary N) is 3. The van der Waals surface area contributed by atoms with Gasteiger partial charge in [0.05, 0.1) is 16.5 Å². The number of alkyl carbamates (subject to hydrolysis) is 1. The van der Waals surface area contributed by atoms with Crippen LogP contribution in [0, 0.1) is 17.8 Å². The molecule has 2 aromatic carbocycles. The van der Waals surface area contributed by atoms with Gasteiger partial charge in [-0.3, -0.25) is 24.0 Å². The first-order valence-electron chi connectivity index (χ1n) is 20.7. The minimum atomic E-state index is -3.88. The Balaban J connectivity index is 1.10. The third-order valence-electron chi connectivity index (χ3n) is 12.2. The molecule has 0 unspecified atom stereocenters. The van der Waals surface area contributed by atoms with Crippen LogP contribution in [0.4, 0.5) is 4.79 Å². The Hall–Kier alpha value is -4.82. The van der Waals surface area contributed by atoms with Crippen molar-refractivity contribution in [3.63, 3.8) is 0 Å². The maximum absolute atomic E-state index is 14.8. The van der Waals surface area contributed by atoms with Crippen LogP contribution < -0.4 is 15.4 Å². The van der Waals surface area contributed by atoms with Gasteiger partial charge in [0.1, 0.15) is 23.2 Å². The SMILES string of the molecule is CC(C)(C)OC(=O)N[C@@H]1CCCCC/C=C\[C@H]2C[C@@]2(C(=O)NS(=O)(=O)C2CC2)NC(=O)[C@@H]2[C@H]3CN(Cc4cc(-c5ccccc5)nc5ccccc45)C[C@H]3CN2C1=O. The fraction of sp³-hybridized carbons (Fsp3) is 0.523. The van der Waals surface area contributed by atoms with E-state index in [1.807, 2.05) is 60.7 Å². The number of fused-ring (bicyclic) bond motifs is 5. The number of nitrogens with zero attached hydrogens (tertiary/aromatic N) is 3. The summed E-state index contributed by atoms with van der Waals surface area (Å²) in [6, 6.07) is 18.4. The lowest BCUT2D eigenvalue weighted by molar-refractivity contribution is -0.142. The molecule has 4 heterocycles. The molecule has 6 atom stereocenters. The molecule has 4 fully saturated rings. The van der Waals surface area contributed by atoms with Gasteiger partial charge in [0, 0.05) is 49.0 Å². The molecule has 2 saturated heterocycles. The minimum absolute atomic E-state index is 0.0719. The molecule has 0 radical (unpaired) electrons. The van der Waals surface area contributed by atoms with Crippen molar-refractivity contribution in [2.24, 2.45) is 17.8 Å². The van der Waals surface area contributed by atoms with Crippen LogP contribution in [0.15, 0.2) is 72.8 Å². The van der Waals surface area contributed by atoms with E-state index in [2.05, 4.69) is 32.4 Å². The molecule has 3 aromatic rings. The molecule has 3 aliphatic heterocycles. The van der Waals surface area contributed by atoms with Gasteiger partial charge in [-0.05, 0) is 82.9 Å². The van der Waals surface area contributed by atoms with Crippen molar-refractivity contribution in [1.82, 2.24) is 30.1 Å². The zero-order chi connectivity index (χ0) is 40.8. The first-order valence-corrected chi connectivity index (χ1v) is 22.3. The predicted octanol–water partition coefficient (Wildman–Crippen LogP) is 5.06. The number of para-hydroxylation sites is 1. The second-order valence-corrected chi connectivity index (χ2v) is 19.8. The molecule has 2 saturated carbocycles. The largest absolute Gasteiger partial charge is 0.444 e. The summed E-state index contributed by atoms with van der Waals surface area (Å²) in [7, 11) is -3.88. The fourth-order valence-corrected chi connectivity index (χ4v) is 10.5. The molecule has 1 aromatic heterocycles. The number of rotatable bonds is 7. The van der Waals surface area contributed by atoms with Crippen LogP contribution in [-0.4, -0.2) is 95.1 Å². The Bertz CT molecular complexity index is 2220. The summed E-state index contributed by atoms with van der Waals surface area (Å²) in [5, 5.41) is 6.29. The predicted molar refractivity (Wildman–Crippen MR) is 219 cm³/mol. The normalized spacial score (nSPS) is 28.6. The van der Waals surface area contributed by atoms with Gasteiger partial charge in [-0.15, -0.1) is 0 Å². The first-order chi connectivity index (χ1) is 27.7. The molecule has 0 bridgehead atoms. The van der Waals surface area contributed by atoms with E-state index in [4.69, 9.17) is 9.72 Å². The van der Waals surface area contributed by atoms with Crippen molar-refractivity contribution in [3.05, 3.63) is 78.4 Å². The van der Waals surface area contributed by atoms with Crippen LogP contribution in [0.25, 0.3) is 22.2 Å². The second-order valence-electron chi connectivity index (χ2n) is 17.8. The average molecular weight is 811 g/mol. The van der Waals surface area contributed by atoms with Crippen molar-refractivity contribution >= 4 is 44.7 Å². The number of carbonyl (C=O) groups excluding carboxylic acids is 4. The third-order valence-corrected chi connectivity index (χ3v) is 14.1. The van der Waals surface area contributed by atoms with E-state index in [9.17, 15) is 27.6 Å². The Kier molecular flexibility index (Phi) is 10.9. The average Bonchev–Trinajstić information content (AvgIpc) is 4.08. The highest BCUT2D eigenvalue weighted by Crippen LogP contribution is 2.47. The van der Waals surface area contributed by atoms with Gasteiger partial charge in [0.2, 0.25) is 21.8 Å². The van der Waals surface area contributed by atoms with Gasteiger partial charge in [-0.25, -0.2) is 18.2 Å². The van der Waals surface area contributed by atoms with Crippen molar-refractivity contribution in [3.8, 4) is 11.3 Å². The van der Waals surface area contributed by atoms with Gasteiger partial charge in [-0.2, -0.15) is 0 Å². The van der Waals surface area contributed by atoms with Crippen LogP contribution in [0.3, 0.4) is 0 Å². The molecule has 0 spiro atoms. The van der Waals surface area contributed by atoms with Crippen molar-refractivity contribution in [1.29, 1.82) is 0 Å². The molecular formula is C44H54N6O7S. The van der Waals surface area contributed by atoms with Crippen LogP contribution >= 0.6 is 0 Å². The van der Waals surface area contributed by atoms with Gasteiger partial charge >= 0.3 is 6.09 Å². The number of benzene rings is 2. The quantitative estimate of drug-likeness (QED) is 0.277. The Morgan fingerprint density at radius 2 is 1.72 bits per heavy atom. The highest BCUT2D eigenvalue weighted by atomic mass is 32.2. The number of likely N-dealkylation sites (tertiary alicyclic amines) is 1. The van der Waals surface area contributed by atoms with E-state index in [1.165, 1.54) is 0 Å². The standard InChI is InChI=1S/C44H54N6O7S/c1-43(2,3)57-42(54)46-36-19-11-6-4-5-10-16-31-23-44(31,41(53)48-58(55,56)32-20-21-32)47-39(51)38-34-27-49(25-30(34)26-50(38)40(36)52)24-29-22-37(28-14-8-7-9-15-28)45-35-18-13-12-17-33(29)35/h7-10,12-18,22,30-32,34,36,38H,4-6,11,19-21,23-27H2,1-3H3,(H,46,54)(H,47,51)(H,48,53)/b16-10-/t30-,31-,34-,36+,38-,44+/m0/s1. The molecule has 13 nitrogen and oxygen atoms in total. The summed E-state index contributed by atoms with van der Waals surface area (Å²) in [6.45, 7) is 7.29. The van der Waals surface area contributed by atoms with Crippen LogP contribution in [0.2, 0.25) is 0 Å². The van der Waals surface area contributed by atoms with E-state index in [1.54, 1.807) is 25.7 Å². The highest BCUT2D eigenvalue weighted by molar-refractivity contribution is 7.91. The lowest BCUT2D eigenvalue weighted by Crippen LogP contribution is -2.60. The highest BCUT2D eigenvalue weighted by Gasteiger charge is 2.63. The van der Waals surface area contributed by atoms with E-state index >= 15 is 0 Å². The van der Waals surface area contributed by atoms with Crippen molar-refractivity contribution in [2.45, 2.75) is 107 Å². The molecule has 3 N–H and O–H groups in total. The summed E-state index contributed by atoms with van der Waals surface area (Å²) in [6.07, 6.45) is 7.82. The minimum Gasteiger partial charge on any atom is -0.444 e. The number of hydrogen-bond acceptors (Lipinski definition) is 9. The lowest BCUT2D eigenvalue weighted by atomic mass is 9.93. The Labute approximate surface area is 340 Å². The number of aromatic nitrogens is 1. The number of amides is 4. The zero-order valence-corrected chi connectivity index (χ0v) is 34.3. The third kappa shape index (κ3) is 8.49. The Morgan fingerprint density at radius 3 is 2.48 bits per heavy atom. The topological polar surface area (TPSA) is 167 Å². The number of sulfonamides is 1. The molecule has 5 aliphatic rings. The smallest absolute Gasteiger partial charge is 0.408 e. The Morgan fingerprint density at radius 1 is 0.966 bits per heavy atom. The zero-order valence-electron chi connectivity index (χ0n) is 33.5. The molecule has 308 valence electrons. The van der Waals surface area contributed by atoms with Crippen molar-refractivity contribution < 1.29 is 32.3 Å². The summed E-state index contributed by atoms with van der Waals surface area (Å²) in [5.41, 5.74) is 1.64. The van der Waals surface area contributed by atoms with Gasteiger partial charge < -0.3 is 20.3 Å². The molecule has 8 rings (SSSR count). The summed E-state index contributed by atoms with van der Waals surface area (Å²) >= 11 is 0. The molecular weight excluding hydrogens is 757 g/mol. The number of pyridine rings is 1. The maximum atomic E-state index is 14.8. The van der Waals surface area contributed by atoms with Crippen LogP contribution in [0.1, 0.15) is 77.7 Å². The van der Waals surface area contributed by atoms with E-state index < -0.39 is 62.3 Å². The van der Waals surface area contributed by atoms with E-state index in [0.29, 0.717) is 51.7 Å². The number of ether oxygens (including phenoxy) is 1. The fourth-order valence-electron chi connectivity index (χ4n) is 9.12. The summed E-state index contributed by atoms with van der Waals surface area (Å²) < 4.78 is 33.8. The monoisotopic (exact) mass is 810 g/mol. The van der Waals surface area contributed by atoms with Gasteiger partial charge in [0.15, 0.2) is 0 Å². The van der Waals surface area contributed by atoms with Crippen LogP contribution in [-0.2, 0) is 35.7 Å². The molecule has 58 heavy (non-hydrogen) atoms. The summed E-state index contributed by atoms with van der Waals surface area (Å²) in [4.78, 5) is 65.4. The van der Waals surface area contributed by atoms with Crippen LogP contribution in [0.5, 0.6) is 0 Å². The van der Waals surface area contributed by atoms with Gasteiger partial charge in [0.25, 0.3) is 5.91 Å². The lowest BCUT2D eigenvalue weighted by Gasteiger charge is -2.33.